The van der Waals surface area contributed by atoms with E-state index in [1.54, 1.807) is 19.9 Å². The summed E-state index contributed by atoms with van der Waals surface area (Å²) in [7, 11) is 0. The van der Waals surface area contributed by atoms with Crippen molar-refractivity contribution in [1.82, 2.24) is 14.5 Å². The van der Waals surface area contributed by atoms with Crippen molar-refractivity contribution in [2.45, 2.75) is 39.9 Å². The van der Waals surface area contributed by atoms with Gasteiger partial charge in [0.1, 0.15) is 6.04 Å². The molecule has 0 aliphatic rings. The smallest absolute Gasteiger partial charge is 0.271 e. The molecule has 0 saturated carbocycles. The summed E-state index contributed by atoms with van der Waals surface area (Å²) in [4.78, 5) is 24.3. The number of carbonyl (C=O) groups is 1. The van der Waals surface area contributed by atoms with Crippen molar-refractivity contribution in [1.29, 1.82) is 0 Å². The Balaban J connectivity index is 2.35. The molecule has 1 atom stereocenters. The average Bonchev–Trinajstić information content (AvgIpc) is 2.78. The van der Waals surface area contributed by atoms with E-state index in [4.69, 9.17) is 11.6 Å². The zero-order valence-corrected chi connectivity index (χ0v) is 14.7. The lowest BCUT2D eigenvalue weighted by molar-refractivity contribution is -0.141. The number of amides is 1. The Labute approximate surface area is 146 Å². The Kier molecular flexibility index (Phi) is 4.99. The van der Waals surface area contributed by atoms with Crippen LogP contribution in [0.15, 0.2) is 16.9 Å². The molecule has 0 spiro atoms. The minimum atomic E-state index is -4.73. The number of carbonyl (C=O) groups excluding carboxylic acids is 1. The standard InChI is InChI=1S/C15H16ClF3N4O2/c1-7-5-8(2)22(11(24)6-7)21-14(25)10(4)23-9(3)12(16)13(20-23)15(17,18)19/h5-6,10H,1-4H3,(H,21,25). The highest BCUT2D eigenvalue weighted by Crippen LogP contribution is 2.36. The van der Waals surface area contributed by atoms with Gasteiger partial charge in [-0.05, 0) is 39.3 Å². The molecule has 2 heterocycles. The van der Waals surface area contributed by atoms with E-state index in [-0.39, 0.29) is 5.69 Å². The molecule has 1 amide bonds. The molecule has 0 aliphatic carbocycles. The third-order valence-corrected chi connectivity index (χ3v) is 4.13. The predicted octanol–water partition coefficient (Wildman–Crippen LogP) is 2.97. The van der Waals surface area contributed by atoms with Gasteiger partial charge in [-0.3, -0.25) is 19.7 Å². The first-order chi connectivity index (χ1) is 11.4. The highest BCUT2D eigenvalue weighted by molar-refractivity contribution is 6.32. The molecule has 0 fully saturated rings. The van der Waals surface area contributed by atoms with Crippen LogP contribution >= 0.6 is 11.6 Å². The lowest BCUT2D eigenvalue weighted by atomic mass is 10.2. The summed E-state index contributed by atoms with van der Waals surface area (Å²) in [5.74, 6) is -0.704. The molecule has 136 valence electrons. The zero-order valence-electron chi connectivity index (χ0n) is 13.9. The second-order valence-electron chi connectivity index (χ2n) is 5.69. The van der Waals surface area contributed by atoms with Crippen LogP contribution in [0.3, 0.4) is 0 Å². The van der Waals surface area contributed by atoms with Crippen LogP contribution in [0.25, 0.3) is 0 Å². The molecule has 25 heavy (non-hydrogen) atoms. The molecule has 0 radical (unpaired) electrons. The van der Waals surface area contributed by atoms with E-state index < -0.39 is 34.4 Å². The van der Waals surface area contributed by atoms with E-state index in [2.05, 4.69) is 10.5 Å². The fraction of sp³-hybridized carbons (Fsp3) is 0.400. The Bertz CT molecular complexity index is 886. The second kappa shape index (κ2) is 6.55. The average molecular weight is 377 g/mol. The van der Waals surface area contributed by atoms with Gasteiger partial charge in [0, 0.05) is 11.8 Å². The van der Waals surface area contributed by atoms with E-state index in [0.29, 0.717) is 5.69 Å². The summed E-state index contributed by atoms with van der Waals surface area (Å²) in [5, 5.41) is 2.85. The molecular weight excluding hydrogens is 361 g/mol. The van der Waals surface area contributed by atoms with Crippen LogP contribution in [0.2, 0.25) is 5.02 Å². The number of rotatable bonds is 3. The van der Waals surface area contributed by atoms with E-state index in [0.717, 1.165) is 14.9 Å². The molecule has 0 saturated heterocycles. The van der Waals surface area contributed by atoms with Gasteiger partial charge in [-0.25, -0.2) is 4.68 Å². The molecule has 2 aromatic heterocycles. The first-order valence-electron chi connectivity index (χ1n) is 7.26. The van der Waals surface area contributed by atoms with Crippen molar-refractivity contribution in [2.75, 3.05) is 5.43 Å². The molecule has 0 aliphatic heterocycles. The summed E-state index contributed by atoms with van der Waals surface area (Å²) in [6.45, 7) is 6.05. The van der Waals surface area contributed by atoms with Crippen molar-refractivity contribution in [3.8, 4) is 0 Å². The zero-order chi connectivity index (χ0) is 19.1. The lowest BCUT2D eigenvalue weighted by Crippen LogP contribution is -2.38. The van der Waals surface area contributed by atoms with Crippen LogP contribution in [0.1, 0.15) is 35.6 Å². The van der Waals surface area contributed by atoms with E-state index >= 15 is 0 Å². The van der Waals surface area contributed by atoms with Gasteiger partial charge in [-0.2, -0.15) is 18.3 Å². The molecule has 6 nitrogen and oxygen atoms in total. The highest BCUT2D eigenvalue weighted by Gasteiger charge is 2.39. The number of alkyl halides is 3. The maximum Gasteiger partial charge on any atom is 0.436 e. The van der Waals surface area contributed by atoms with Gasteiger partial charge in [0.05, 0.1) is 10.7 Å². The summed E-state index contributed by atoms with van der Waals surface area (Å²) in [6.07, 6.45) is -4.73. The Morgan fingerprint density at radius 2 is 1.88 bits per heavy atom. The largest absolute Gasteiger partial charge is 0.436 e. The van der Waals surface area contributed by atoms with Gasteiger partial charge in [-0.1, -0.05) is 11.6 Å². The number of hydrogen-bond donors (Lipinski definition) is 1. The van der Waals surface area contributed by atoms with Gasteiger partial charge >= 0.3 is 6.18 Å². The fourth-order valence-corrected chi connectivity index (χ4v) is 2.62. The number of pyridine rings is 1. The highest BCUT2D eigenvalue weighted by atomic mass is 35.5. The van der Waals surface area contributed by atoms with Crippen LogP contribution in [0, 0.1) is 20.8 Å². The number of aromatic nitrogens is 3. The molecule has 0 bridgehead atoms. The SMILES string of the molecule is Cc1cc(C)n(NC(=O)C(C)n2nc(C(F)(F)F)c(Cl)c2C)c(=O)c1. The summed E-state index contributed by atoms with van der Waals surface area (Å²) >= 11 is 5.69. The van der Waals surface area contributed by atoms with Gasteiger partial charge in [-0.15, -0.1) is 0 Å². The molecule has 1 N–H and O–H groups in total. The number of nitrogens with one attached hydrogen (secondary N) is 1. The second-order valence-corrected chi connectivity index (χ2v) is 6.07. The molecule has 1 unspecified atom stereocenters. The van der Waals surface area contributed by atoms with E-state index in [1.165, 1.54) is 19.9 Å². The minimum Gasteiger partial charge on any atom is -0.271 e. The summed E-state index contributed by atoms with van der Waals surface area (Å²) in [6, 6.07) is 1.90. The molecular formula is C15H16ClF3N4O2. The fourth-order valence-electron chi connectivity index (χ4n) is 2.38. The van der Waals surface area contributed by atoms with Gasteiger partial charge in [0.25, 0.3) is 11.5 Å². The number of halogens is 4. The predicted molar refractivity (Wildman–Crippen MR) is 86.2 cm³/mol. The Morgan fingerprint density at radius 1 is 1.28 bits per heavy atom. The quantitative estimate of drug-likeness (QED) is 0.895. The van der Waals surface area contributed by atoms with Crippen LogP contribution in [0.4, 0.5) is 13.2 Å². The monoisotopic (exact) mass is 376 g/mol. The first-order valence-corrected chi connectivity index (χ1v) is 7.64. The van der Waals surface area contributed by atoms with Gasteiger partial charge in [0.15, 0.2) is 5.69 Å². The van der Waals surface area contributed by atoms with Crippen molar-refractivity contribution >= 4 is 17.5 Å². The maximum absolute atomic E-state index is 12.9. The molecule has 2 aromatic rings. The normalized spacial score (nSPS) is 13.0. The van der Waals surface area contributed by atoms with E-state index in [9.17, 15) is 22.8 Å². The van der Waals surface area contributed by atoms with Crippen LogP contribution in [-0.2, 0) is 11.0 Å². The van der Waals surface area contributed by atoms with Crippen LogP contribution in [-0.4, -0.2) is 20.4 Å². The maximum atomic E-state index is 12.9. The van der Waals surface area contributed by atoms with Crippen LogP contribution in [0.5, 0.6) is 0 Å². The third kappa shape index (κ3) is 3.71. The molecule has 2 rings (SSSR count). The number of nitrogens with zero attached hydrogens (tertiary/aromatic N) is 3. The van der Waals surface area contributed by atoms with Crippen molar-refractivity contribution in [3.63, 3.8) is 0 Å². The first kappa shape index (κ1) is 19.0. The summed E-state index contributed by atoms with van der Waals surface area (Å²) < 4.78 is 40.6. The van der Waals surface area contributed by atoms with Gasteiger partial charge < -0.3 is 0 Å². The molecule has 0 aromatic carbocycles. The van der Waals surface area contributed by atoms with Crippen LogP contribution < -0.4 is 11.0 Å². The minimum absolute atomic E-state index is 0.00427. The van der Waals surface area contributed by atoms with E-state index in [1.807, 2.05) is 0 Å². The molecule has 10 heteroatoms. The third-order valence-electron chi connectivity index (χ3n) is 3.67. The van der Waals surface area contributed by atoms with Gasteiger partial charge in [0.2, 0.25) is 0 Å². The van der Waals surface area contributed by atoms with Crippen molar-refractivity contribution in [3.05, 3.63) is 50.2 Å². The van der Waals surface area contributed by atoms with Crippen molar-refractivity contribution in [2.24, 2.45) is 0 Å². The Morgan fingerprint density at radius 3 is 2.36 bits per heavy atom. The number of aryl methyl sites for hydroxylation is 2. The topological polar surface area (TPSA) is 68.9 Å². The lowest BCUT2D eigenvalue weighted by Gasteiger charge is -2.17. The summed E-state index contributed by atoms with van der Waals surface area (Å²) in [5.41, 5.74) is 1.88. The Hall–Kier alpha value is -2.29. The van der Waals surface area contributed by atoms with Crippen molar-refractivity contribution < 1.29 is 18.0 Å². The number of hydrogen-bond acceptors (Lipinski definition) is 3.